The highest BCUT2D eigenvalue weighted by molar-refractivity contribution is 5.80. The summed E-state index contributed by atoms with van der Waals surface area (Å²) in [4.78, 5) is 9.44. The van der Waals surface area contributed by atoms with Crippen LogP contribution < -0.4 is 5.32 Å². The first kappa shape index (κ1) is 13.2. The Balaban J connectivity index is 1.51. The lowest BCUT2D eigenvalue weighted by molar-refractivity contribution is 0.151. The topological polar surface area (TPSA) is 30.9 Å². The Morgan fingerprint density at radius 3 is 2.63 bits per heavy atom. The lowest BCUT2D eigenvalue weighted by Gasteiger charge is -2.38. The van der Waals surface area contributed by atoms with Gasteiger partial charge in [0, 0.05) is 32.7 Å². The van der Waals surface area contributed by atoms with E-state index in [0.29, 0.717) is 11.5 Å². The number of rotatable bonds is 2. The van der Waals surface area contributed by atoms with Crippen molar-refractivity contribution in [1.82, 2.24) is 15.1 Å². The quantitative estimate of drug-likeness (QED) is 0.606. The summed E-state index contributed by atoms with van der Waals surface area (Å²) < 4.78 is 0. The molecular weight excluding hydrogens is 236 g/mol. The molecule has 1 saturated carbocycles. The van der Waals surface area contributed by atoms with E-state index in [1.807, 2.05) is 7.05 Å². The van der Waals surface area contributed by atoms with Gasteiger partial charge in [0.2, 0.25) is 0 Å². The molecule has 3 fully saturated rings. The summed E-state index contributed by atoms with van der Waals surface area (Å²) in [5.41, 5.74) is 0.655. The van der Waals surface area contributed by atoms with E-state index in [0.717, 1.165) is 12.5 Å². The number of hydrogen-bond acceptors (Lipinski definition) is 2. The largest absolute Gasteiger partial charge is 0.355 e. The molecule has 0 aromatic heterocycles. The van der Waals surface area contributed by atoms with Gasteiger partial charge < -0.3 is 15.1 Å². The van der Waals surface area contributed by atoms with E-state index in [1.54, 1.807) is 0 Å². The van der Waals surface area contributed by atoms with Crippen LogP contribution in [0.2, 0.25) is 0 Å². The standard InChI is InChI=1S/C15H28N4/c1-16-14(17-11-13-5-3-9-18(13)2)19-10-8-15(12-19)6-4-7-15/h13H,3-12H2,1-2H3,(H,16,17). The van der Waals surface area contributed by atoms with Crippen molar-refractivity contribution in [2.24, 2.45) is 10.4 Å². The maximum Gasteiger partial charge on any atom is 0.193 e. The summed E-state index contributed by atoms with van der Waals surface area (Å²) in [5.74, 6) is 1.13. The second kappa shape index (κ2) is 5.31. The second-order valence-corrected chi connectivity index (χ2v) is 6.73. The van der Waals surface area contributed by atoms with Gasteiger partial charge in [0.05, 0.1) is 0 Å². The Bertz CT molecular complexity index is 348. The first-order chi connectivity index (χ1) is 9.22. The SMILES string of the molecule is CN=C(NCC1CCCN1C)N1CCC2(CCC2)C1. The zero-order valence-corrected chi connectivity index (χ0v) is 12.5. The summed E-state index contributed by atoms with van der Waals surface area (Å²) in [6.07, 6.45) is 8.35. The Kier molecular flexibility index (Phi) is 3.70. The van der Waals surface area contributed by atoms with Gasteiger partial charge in [0.15, 0.2) is 5.96 Å². The van der Waals surface area contributed by atoms with Crippen molar-refractivity contribution < 1.29 is 0 Å². The molecule has 1 atom stereocenters. The Hall–Kier alpha value is -0.770. The van der Waals surface area contributed by atoms with Crippen molar-refractivity contribution in [3.05, 3.63) is 0 Å². The highest BCUT2D eigenvalue weighted by Gasteiger charge is 2.43. The molecule has 19 heavy (non-hydrogen) atoms. The fourth-order valence-electron chi connectivity index (χ4n) is 3.98. The van der Waals surface area contributed by atoms with Gasteiger partial charge in [-0.2, -0.15) is 0 Å². The van der Waals surface area contributed by atoms with Crippen molar-refractivity contribution in [2.45, 2.75) is 44.6 Å². The fraction of sp³-hybridized carbons (Fsp3) is 0.933. The van der Waals surface area contributed by atoms with Crippen molar-refractivity contribution in [3.63, 3.8) is 0 Å². The predicted molar refractivity (Wildman–Crippen MR) is 79.5 cm³/mol. The molecule has 2 heterocycles. The molecule has 2 saturated heterocycles. The van der Waals surface area contributed by atoms with Crippen LogP contribution in [0.25, 0.3) is 0 Å². The number of aliphatic imine (C=N–C) groups is 1. The number of likely N-dealkylation sites (N-methyl/N-ethyl adjacent to an activating group) is 1. The summed E-state index contributed by atoms with van der Waals surface area (Å²) in [7, 11) is 4.16. The van der Waals surface area contributed by atoms with Gasteiger partial charge in [-0.1, -0.05) is 6.42 Å². The molecule has 4 nitrogen and oxygen atoms in total. The molecule has 0 amide bonds. The number of nitrogens with zero attached hydrogens (tertiary/aromatic N) is 3. The van der Waals surface area contributed by atoms with Gasteiger partial charge in [0.25, 0.3) is 0 Å². The van der Waals surface area contributed by atoms with Crippen molar-refractivity contribution in [1.29, 1.82) is 0 Å². The Morgan fingerprint density at radius 2 is 2.11 bits per heavy atom. The summed E-state index contributed by atoms with van der Waals surface area (Å²) >= 11 is 0. The molecule has 1 aliphatic carbocycles. The highest BCUT2D eigenvalue weighted by Crippen LogP contribution is 2.47. The predicted octanol–water partition coefficient (Wildman–Crippen LogP) is 1.53. The summed E-state index contributed by atoms with van der Waals surface area (Å²) in [6.45, 7) is 4.72. The van der Waals surface area contributed by atoms with Crippen LogP contribution in [0.1, 0.15) is 38.5 Å². The zero-order chi connectivity index (χ0) is 13.3. The van der Waals surface area contributed by atoms with Crippen LogP contribution in [0.5, 0.6) is 0 Å². The molecule has 0 aromatic rings. The number of likely N-dealkylation sites (tertiary alicyclic amines) is 2. The normalized spacial score (nSPS) is 30.9. The molecule has 1 N–H and O–H groups in total. The Labute approximate surface area is 117 Å². The van der Waals surface area contributed by atoms with Gasteiger partial charge in [0.1, 0.15) is 0 Å². The summed E-state index contributed by atoms with van der Waals surface area (Å²) in [5, 5.41) is 3.60. The van der Waals surface area contributed by atoms with E-state index >= 15 is 0 Å². The molecule has 4 heteroatoms. The minimum Gasteiger partial charge on any atom is -0.355 e. The first-order valence-electron chi connectivity index (χ1n) is 7.88. The van der Waals surface area contributed by atoms with E-state index in [4.69, 9.17) is 0 Å². The summed E-state index contributed by atoms with van der Waals surface area (Å²) in [6, 6.07) is 0.692. The smallest absolute Gasteiger partial charge is 0.193 e. The van der Waals surface area contributed by atoms with E-state index < -0.39 is 0 Å². The van der Waals surface area contributed by atoms with Crippen molar-refractivity contribution in [2.75, 3.05) is 40.3 Å². The van der Waals surface area contributed by atoms with Crippen LogP contribution in [0.4, 0.5) is 0 Å². The molecule has 3 rings (SSSR count). The Morgan fingerprint density at radius 1 is 1.26 bits per heavy atom. The number of guanidine groups is 1. The third-order valence-corrected chi connectivity index (χ3v) is 5.53. The van der Waals surface area contributed by atoms with Crippen LogP contribution in [0.15, 0.2) is 4.99 Å². The van der Waals surface area contributed by atoms with Gasteiger partial charge in [-0.25, -0.2) is 0 Å². The van der Waals surface area contributed by atoms with Crippen LogP contribution in [-0.2, 0) is 0 Å². The minimum atomic E-state index is 0.655. The van der Waals surface area contributed by atoms with Crippen molar-refractivity contribution >= 4 is 5.96 Å². The van der Waals surface area contributed by atoms with Crippen LogP contribution in [0.3, 0.4) is 0 Å². The number of nitrogens with one attached hydrogen (secondary N) is 1. The second-order valence-electron chi connectivity index (χ2n) is 6.73. The average Bonchev–Trinajstić information content (AvgIpc) is 2.97. The van der Waals surface area contributed by atoms with E-state index in [2.05, 4.69) is 27.2 Å². The minimum absolute atomic E-state index is 0.655. The maximum atomic E-state index is 4.49. The highest BCUT2D eigenvalue weighted by atomic mass is 15.3. The fourth-order valence-corrected chi connectivity index (χ4v) is 3.98. The van der Waals surface area contributed by atoms with E-state index in [-0.39, 0.29) is 0 Å². The third-order valence-electron chi connectivity index (χ3n) is 5.53. The molecule has 3 aliphatic rings. The lowest BCUT2D eigenvalue weighted by atomic mass is 9.68. The van der Waals surface area contributed by atoms with Crippen LogP contribution in [0, 0.1) is 5.41 Å². The number of hydrogen-bond donors (Lipinski definition) is 1. The molecular formula is C15H28N4. The van der Waals surface area contributed by atoms with Gasteiger partial charge >= 0.3 is 0 Å². The molecule has 108 valence electrons. The van der Waals surface area contributed by atoms with Gasteiger partial charge in [-0.3, -0.25) is 4.99 Å². The molecule has 0 aromatic carbocycles. The van der Waals surface area contributed by atoms with Gasteiger partial charge in [-0.15, -0.1) is 0 Å². The first-order valence-corrected chi connectivity index (χ1v) is 7.88. The van der Waals surface area contributed by atoms with E-state index in [1.165, 1.54) is 58.2 Å². The van der Waals surface area contributed by atoms with E-state index in [9.17, 15) is 0 Å². The average molecular weight is 264 g/mol. The maximum absolute atomic E-state index is 4.49. The molecule has 0 radical (unpaired) electrons. The lowest BCUT2D eigenvalue weighted by Crippen LogP contribution is -2.46. The molecule has 0 bridgehead atoms. The zero-order valence-electron chi connectivity index (χ0n) is 12.5. The van der Waals surface area contributed by atoms with Crippen molar-refractivity contribution in [3.8, 4) is 0 Å². The van der Waals surface area contributed by atoms with Crippen LogP contribution >= 0.6 is 0 Å². The van der Waals surface area contributed by atoms with Crippen LogP contribution in [-0.4, -0.2) is 62.1 Å². The monoisotopic (exact) mass is 264 g/mol. The molecule has 1 unspecified atom stereocenters. The van der Waals surface area contributed by atoms with Gasteiger partial charge in [-0.05, 0) is 51.1 Å². The third kappa shape index (κ3) is 2.60. The molecule has 2 aliphatic heterocycles. The molecule has 1 spiro atoms.